The molecule has 28 heteroatoms. The molecule has 1 saturated carbocycles. The summed E-state index contributed by atoms with van der Waals surface area (Å²) in [5, 5.41) is 49.0. The van der Waals surface area contributed by atoms with Crippen molar-refractivity contribution >= 4 is 51.6 Å². The summed E-state index contributed by atoms with van der Waals surface area (Å²) in [7, 11) is 0. The van der Waals surface area contributed by atoms with E-state index in [1.54, 1.807) is 18.2 Å². The molecule has 8 bridgehead atoms. The average Bonchev–Trinajstić information content (AvgIpc) is 1.64. The third-order valence-corrected chi connectivity index (χ3v) is 27.6. The molecule has 9 aromatic rings. The lowest BCUT2D eigenvalue weighted by atomic mass is 10.1. The van der Waals surface area contributed by atoms with E-state index in [1.807, 2.05) is 79.3 Å². The zero-order chi connectivity index (χ0) is 81.2. The monoisotopic (exact) mass is 1620 g/mol. The van der Waals surface area contributed by atoms with Crippen LogP contribution >= 0.6 is 0 Å². The van der Waals surface area contributed by atoms with E-state index in [1.165, 1.54) is 12.1 Å². The van der Waals surface area contributed by atoms with Crippen molar-refractivity contribution in [2.45, 2.75) is 138 Å². The van der Waals surface area contributed by atoms with Crippen molar-refractivity contribution in [1.29, 1.82) is 0 Å². The van der Waals surface area contributed by atoms with E-state index < -0.39 is 6.29 Å². The van der Waals surface area contributed by atoms with Crippen molar-refractivity contribution in [3.8, 4) is 86.5 Å². The average molecular weight is 1620 g/mol. The molecule has 3 aromatic carbocycles. The van der Waals surface area contributed by atoms with E-state index in [0.29, 0.717) is 101 Å². The molecule has 121 heavy (non-hydrogen) atoms. The summed E-state index contributed by atoms with van der Waals surface area (Å²) in [5.41, 5.74) is 32.9. The highest BCUT2D eigenvalue weighted by molar-refractivity contribution is 5.78. The lowest BCUT2D eigenvalue weighted by Gasteiger charge is -2.43. The molecule has 0 amide bonds. The van der Waals surface area contributed by atoms with Gasteiger partial charge < -0.3 is 75.8 Å². The number of rotatable bonds is 18. The van der Waals surface area contributed by atoms with Gasteiger partial charge in [-0.1, -0.05) is 48.1 Å². The van der Waals surface area contributed by atoms with Crippen LogP contribution in [-0.2, 0) is 20.8 Å². The van der Waals surface area contributed by atoms with Crippen LogP contribution in [0.5, 0.6) is 17.2 Å². The Morgan fingerprint density at radius 3 is 1.48 bits per heavy atom. The molecule has 620 valence electrons. The van der Waals surface area contributed by atoms with Crippen molar-refractivity contribution in [1.82, 2.24) is 65.1 Å². The Labute approximate surface area is 705 Å². The van der Waals surface area contributed by atoms with E-state index in [9.17, 15) is 10.2 Å². The van der Waals surface area contributed by atoms with E-state index >= 15 is 0 Å². The Hall–Kier alpha value is -11.6. The van der Waals surface area contributed by atoms with E-state index in [2.05, 4.69) is 163 Å². The lowest BCUT2D eigenvalue weighted by Crippen LogP contribution is -2.54. The fourth-order valence-electron chi connectivity index (χ4n) is 21.9. The Balaban J connectivity index is 0.395. The highest BCUT2D eigenvalue weighted by atomic mass is 16.7. The third-order valence-electron chi connectivity index (χ3n) is 27.6. The van der Waals surface area contributed by atoms with E-state index in [0.717, 1.165) is 219 Å². The molecular formula is C93H102N22O6. The molecule has 8 N–H and O–H groups in total. The molecule has 17 heterocycles. The molecule has 11 aliphatic heterocycles. The van der Waals surface area contributed by atoms with Crippen LogP contribution in [0.1, 0.15) is 86.9 Å². The van der Waals surface area contributed by atoms with Crippen molar-refractivity contribution in [3.05, 3.63) is 163 Å². The van der Waals surface area contributed by atoms with Crippen LogP contribution in [0.4, 0.5) is 51.6 Å². The maximum Gasteiger partial charge on any atom is 0.200 e. The van der Waals surface area contributed by atoms with Crippen LogP contribution in [0.3, 0.4) is 0 Å². The fourth-order valence-corrected chi connectivity index (χ4v) is 21.9. The molecule has 12 fully saturated rings. The van der Waals surface area contributed by atoms with E-state index in [4.69, 9.17) is 46.1 Å². The van der Waals surface area contributed by atoms with Crippen LogP contribution in [0, 0.1) is 47.4 Å². The van der Waals surface area contributed by atoms with Gasteiger partial charge >= 0.3 is 0 Å². The lowest BCUT2D eigenvalue weighted by molar-refractivity contribution is -0.0741. The van der Waals surface area contributed by atoms with E-state index in [-0.39, 0.29) is 53.9 Å². The Morgan fingerprint density at radius 2 is 0.942 bits per heavy atom. The number of morpholine rings is 1. The number of likely N-dealkylation sites (tertiary alicyclic amines) is 3. The summed E-state index contributed by atoms with van der Waals surface area (Å²) in [6.45, 7) is 15.5. The largest absolute Gasteiger partial charge is 0.507 e. The highest BCUT2D eigenvalue weighted by Crippen LogP contribution is 2.46. The molecular weight excluding hydrogens is 1520 g/mol. The van der Waals surface area contributed by atoms with Gasteiger partial charge in [0.1, 0.15) is 34.3 Å². The number of aromatic nitrogens is 9. The molecule has 21 rings (SSSR count). The van der Waals surface area contributed by atoms with Gasteiger partial charge in [0.05, 0.1) is 85.8 Å². The molecule has 6 aromatic heterocycles. The quantitative estimate of drug-likeness (QED) is 0.0505. The Kier molecular flexibility index (Phi) is 21.0. The number of ether oxygens (including phenoxy) is 4. The van der Waals surface area contributed by atoms with Crippen LogP contribution in [-0.4, -0.2) is 260 Å². The number of hydrogen-bond donors (Lipinski definition) is 5. The van der Waals surface area contributed by atoms with Crippen LogP contribution in [0.2, 0.25) is 0 Å². The third kappa shape index (κ3) is 15.6. The maximum absolute atomic E-state index is 11.6. The second-order valence-corrected chi connectivity index (χ2v) is 34.9. The fraction of sp³-hybridized carbons (Fsp3) is 0.452. The van der Waals surface area contributed by atoms with Gasteiger partial charge in [0, 0.05) is 198 Å². The molecule has 13 unspecified atom stereocenters. The minimum Gasteiger partial charge on any atom is -0.507 e. The first-order valence-corrected chi connectivity index (χ1v) is 43.4. The molecule has 1 aliphatic carbocycles. The molecule has 11 saturated heterocycles. The second-order valence-electron chi connectivity index (χ2n) is 34.9. The number of para-hydroxylation sites is 2. The molecule has 13 atom stereocenters. The first kappa shape index (κ1) is 76.7. The normalized spacial score (nSPS) is 26.8. The van der Waals surface area contributed by atoms with Gasteiger partial charge in [0.25, 0.3) is 0 Å². The number of piperazine rings is 3. The zero-order valence-corrected chi connectivity index (χ0v) is 68.0. The number of hydrogen-bond acceptors (Lipinski definition) is 28. The Morgan fingerprint density at radius 1 is 0.438 bits per heavy atom. The minimum atomic E-state index is -0.396. The van der Waals surface area contributed by atoms with Gasteiger partial charge in [0.15, 0.2) is 17.5 Å². The summed E-state index contributed by atoms with van der Waals surface area (Å²) in [6.07, 6.45) is 15.9. The van der Waals surface area contributed by atoms with Crippen LogP contribution < -0.4 is 51.3 Å². The van der Waals surface area contributed by atoms with Gasteiger partial charge in [-0.25, -0.2) is 15.0 Å². The van der Waals surface area contributed by atoms with Gasteiger partial charge in [-0.3, -0.25) is 19.6 Å². The number of anilines is 9. The standard InChI is InChI=1S/C93H102N22O6/c94-91-82(45-78(100-103-91)75-11-1-3-13-85(75)116)110-51-69-17-18-70(52-110)115(69)67-27-31-99-64(44-67)10-7-34-109-49-60-16-24-81(109)90(60)119-58-59-15-23-76(86(117)40-59)79-46-83(92(95)104-101-79)111-53-71-19-20-72(54-111)114(71)66-26-30-98-63(43-66)9-6-33-107-48-61-41-89(121-88(61)57-107)120-87-14-4-2-12-77(87)80-47-84(93(96)105-102-80)112-55-73-21-22-74(56-112)113(73)65-25-29-97-62(42-65)8-5-32-106-35-28-68(50-106)108-36-38-118-39-37-108/h1-4,11-15,23,25-27,29-31,40,42-47,60-61,68-74,81,88-90,116-117H,16-22,24,28,32-39,41,48-58H2,(H2,94,103)(H2,95,104)(H2,96,105). The summed E-state index contributed by atoms with van der Waals surface area (Å²) in [6, 6.07) is 42.2. The van der Waals surface area contributed by atoms with Crippen LogP contribution in [0.15, 0.2) is 140 Å². The first-order valence-electron chi connectivity index (χ1n) is 43.4. The van der Waals surface area contributed by atoms with Crippen molar-refractivity contribution in [2.24, 2.45) is 11.8 Å². The van der Waals surface area contributed by atoms with Crippen molar-refractivity contribution < 1.29 is 29.2 Å². The smallest absolute Gasteiger partial charge is 0.200 e. The zero-order valence-electron chi connectivity index (χ0n) is 68.0. The number of nitrogen functional groups attached to an aromatic ring is 3. The minimum absolute atomic E-state index is 0.0369. The summed E-state index contributed by atoms with van der Waals surface area (Å²) in [4.78, 5) is 38.7. The summed E-state index contributed by atoms with van der Waals surface area (Å²) in [5.74, 6) is 23.5. The number of nitrogens with zero attached hydrogens (tertiary/aromatic N) is 19. The topological polar surface area (TPSA) is 304 Å². The number of aromatic hydroxyl groups is 2. The number of benzene rings is 3. The predicted octanol–water partition coefficient (Wildman–Crippen LogP) is 8.24. The molecule has 0 radical (unpaired) electrons. The molecule has 28 nitrogen and oxygen atoms in total. The Bertz CT molecular complexity index is 5510. The summed E-state index contributed by atoms with van der Waals surface area (Å²) >= 11 is 0. The van der Waals surface area contributed by atoms with Gasteiger partial charge in [-0.15, -0.1) is 30.6 Å². The number of nitrogens with two attached hydrogens (primary N) is 3. The van der Waals surface area contributed by atoms with Crippen LogP contribution in [0.25, 0.3) is 33.8 Å². The number of pyridine rings is 3. The number of phenols is 2. The number of phenolic OH excluding ortho intramolecular Hbond substituents is 2. The van der Waals surface area contributed by atoms with Crippen molar-refractivity contribution in [2.75, 3.05) is 165 Å². The van der Waals surface area contributed by atoms with Gasteiger partial charge in [-0.05, 0) is 178 Å². The van der Waals surface area contributed by atoms with Gasteiger partial charge in [0.2, 0.25) is 6.29 Å². The van der Waals surface area contributed by atoms with Gasteiger partial charge in [-0.2, -0.15) is 0 Å². The maximum atomic E-state index is 11.6. The SMILES string of the molecule is Nc1nnc(-c2ccccc2O)cc1N1CC2CCC(C1)N2c1ccnc(C#CCN2CC3CCC2C3OCc2ccc(-c3cc(N4CC5CCC(C4)N5c4ccnc(C#CCN5CC6CC(Oc7ccccc7-c7cc(N8CC9CCC(C8)N9c8ccnc(C#CCN9CCC(N%10CCOCC%10)C9)c8)c(N)nn7)OC6C5)c4)c(N)nn3)c(O)c2)c1. The number of fused-ring (bicyclic) bond motifs is 9. The summed E-state index contributed by atoms with van der Waals surface area (Å²) < 4.78 is 25.7. The molecule has 0 spiro atoms. The number of piperidine rings is 1. The van der Waals surface area contributed by atoms with Crippen molar-refractivity contribution in [3.63, 3.8) is 0 Å². The second kappa shape index (κ2) is 33.1. The first-order chi connectivity index (χ1) is 59.4. The molecule has 12 aliphatic rings. The predicted molar refractivity (Wildman–Crippen MR) is 465 cm³/mol. The highest BCUT2D eigenvalue weighted by Gasteiger charge is 2.49.